The SMILES string of the molecule is CC(=O)C1(C(N)CCC(=O)OC(C)(C)C)NCCN(CC(=O)OC(C)(C)C)C1=O. The molecule has 1 amide bonds. The fourth-order valence-electron chi connectivity index (χ4n) is 3.20. The smallest absolute Gasteiger partial charge is 0.326 e. The number of amides is 1. The normalized spacial score (nSPS) is 21.5. The molecule has 1 aliphatic heterocycles. The largest absolute Gasteiger partial charge is 0.460 e. The molecule has 0 radical (unpaired) electrons. The van der Waals surface area contributed by atoms with E-state index < -0.39 is 46.4 Å². The molecule has 29 heavy (non-hydrogen) atoms. The van der Waals surface area contributed by atoms with Crippen LogP contribution in [0.5, 0.6) is 0 Å². The first-order valence-corrected chi connectivity index (χ1v) is 9.83. The first kappa shape index (κ1) is 25.0. The number of esters is 2. The van der Waals surface area contributed by atoms with Crippen LogP contribution in [-0.4, -0.2) is 70.9 Å². The molecular weight excluding hydrogens is 378 g/mol. The Kier molecular flexibility index (Phi) is 7.95. The minimum atomic E-state index is -1.69. The summed E-state index contributed by atoms with van der Waals surface area (Å²) in [4.78, 5) is 51.1. The number of Topliss-reactive ketones (excluding diaryl/α,β-unsaturated/α-hetero) is 1. The van der Waals surface area contributed by atoms with Gasteiger partial charge in [0.25, 0.3) is 5.91 Å². The molecule has 1 saturated heterocycles. The number of hydrogen-bond acceptors (Lipinski definition) is 8. The van der Waals surface area contributed by atoms with Gasteiger partial charge >= 0.3 is 11.9 Å². The van der Waals surface area contributed by atoms with Gasteiger partial charge in [-0.3, -0.25) is 24.5 Å². The Bertz CT molecular complexity index is 650. The number of rotatable bonds is 7. The van der Waals surface area contributed by atoms with Crippen molar-refractivity contribution in [3.05, 3.63) is 0 Å². The molecule has 0 aromatic rings. The molecule has 2 unspecified atom stereocenters. The van der Waals surface area contributed by atoms with Gasteiger partial charge in [0.05, 0.1) is 0 Å². The van der Waals surface area contributed by atoms with E-state index in [0.717, 1.165) is 0 Å². The van der Waals surface area contributed by atoms with Gasteiger partial charge in [-0.2, -0.15) is 0 Å². The monoisotopic (exact) mass is 413 g/mol. The summed E-state index contributed by atoms with van der Waals surface area (Å²) < 4.78 is 10.5. The highest BCUT2D eigenvalue weighted by Crippen LogP contribution is 2.23. The summed E-state index contributed by atoms with van der Waals surface area (Å²) in [7, 11) is 0. The maximum absolute atomic E-state index is 13.1. The van der Waals surface area contributed by atoms with Crippen LogP contribution < -0.4 is 11.1 Å². The Labute approximate surface area is 172 Å². The summed E-state index contributed by atoms with van der Waals surface area (Å²) in [5, 5.41) is 2.94. The van der Waals surface area contributed by atoms with Crippen molar-refractivity contribution in [3.63, 3.8) is 0 Å². The number of ether oxygens (including phenoxy) is 2. The van der Waals surface area contributed by atoms with Gasteiger partial charge in [0.1, 0.15) is 17.7 Å². The van der Waals surface area contributed by atoms with E-state index in [2.05, 4.69) is 5.32 Å². The number of hydrogen-bond donors (Lipinski definition) is 2. The maximum atomic E-state index is 13.1. The highest BCUT2D eigenvalue weighted by molar-refractivity contribution is 6.11. The van der Waals surface area contributed by atoms with Crippen LogP contribution in [0.1, 0.15) is 61.3 Å². The highest BCUT2D eigenvalue weighted by Gasteiger charge is 2.52. The molecule has 0 saturated carbocycles. The van der Waals surface area contributed by atoms with E-state index in [1.54, 1.807) is 41.5 Å². The van der Waals surface area contributed by atoms with Gasteiger partial charge in [-0.1, -0.05) is 0 Å². The molecule has 0 spiro atoms. The molecule has 9 heteroatoms. The van der Waals surface area contributed by atoms with Crippen molar-refractivity contribution in [2.75, 3.05) is 19.6 Å². The first-order chi connectivity index (χ1) is 13.1. The van der Waals surface area contributed by atoms with E-state index in [1.165, 1.54) is 11.8 Å². The van der Waals surface area contributed by atoms with Crippen LogP contribution in [0.3, 0.4) is 0 Å². The van der Waals surface area contributed by atoms with Crippen molar-refractivity contribution < 1.29 is 28.7 Å². The molecule has 1 rings (SSSR count). The van der Waals surface area contributed by atoms with E-state index >= 15 is 0 Å². The van der Waals surface area contributed by atoms with Crippen molar-refractivity contribution in [2.24, 2.45) is 5.73 Å². The third-order valence-electron chi connectivity index (χ3n) is 4.34. The summed E-state index contributed by atoms with van der Waals surface area (Å²) in [5.74, 6) is -2.07. The lowest BCUT2D eigenvalue weighted by Gasteiger charge is -2.44. The van der Waals surface area contributed by atoms with Gasteiger partial charge in [-0.15, -0.1) is 0 Å². The zero-order valence-electron chi connectivity index (χ0n) is 18.6. The molecule has 1 aliphatic rings. The second kappa shape index (κ2) is 9.21. The first-order valence-electron chi connectivity index (χ1n) is 9.83. The number of carbonyl (C=O) groups excluding carboxylic acids is 4. The summed E-state index contributed by atoms with van der Waals surface area (Å²) in [6.07, 6.45) is 0.0437. The zero-order valence-corrected chi connectivity index (χ0v) is 18.6. The molecule has 1 heterocycles. The Morgan fingerprint density at radius 2 is 1.62 bits per heavy atom. The van der Waals surface area contributed by atoms with Gasteiger partial charge in [0.2, 0.25) is 0 Å². The summed E-state index contributed by atoms with van der Waals surface area (Å²) >= 11 is 0. The summed E-state index contributed by atoms with van der Waals surface area (Å²) in [6, 6.07) is -0.957. The summed E-state index contributed by atoms with van der Waals surface area (Å²) in [6.45, 7) is 12.0. The van der Waals surface area contributed by atoms with Crippen LogP contribution in [-0.2, 0) is 28.7 Å². The molecule has 166 valence electrons. The van der Waals surface area contributed by atoms with E-state index in [4.69, 9.17) is 15.2 Å². The average Bonchev–Trinajstić information content (AvgIpc) is 2.51. The third-order valence-corrected chi connectivity index (χ3v) is 4.34. The van der Waals surface area contributed by atoms with Crippen molar-refractivity contribution in [2.45, 2.75) is 84.1 Å². The van der Waals surface area contributed by atoms with Crippen LogP contribution in [0.2, 0.25) is 0 Å². The predicted octanol–water partition coefficient (Wildman–Crippen LogP) is 0.537. The third kappa shape index (κ3) is 7.08. The lowest BCUT2D eigenvalue weighted by molar-refractivity contribution is -0.163. The molecule has 0 bridgehead atoms. The Hall–Kier alpha value is -2.00. The van der Waals surface area contributed by atoms with Gasteiger partial charge < -0.3 is 20.1 Å². The van der Waals surface area contributed by atoms with Crippen LogP contribution in [0.15, 0.2) is 0 Å². The number of ketones is 1. The lowest BCUT2D eigenvalue weighted by Crippen LogP contribution is -2.75. The molecule has 0 aliphatic carbocycles. The molecule has 3 N–H and O–H groups in total. The number of nitrogens with zero attached hydrogens (tertiary/aromatic N) is 1. The van der Waals surface area contributed by atoms with Crippen LogP contribution in [0.25, 0.3) is 0 Å². The van der Waals surface area contributed by atoms with Crippen molar-refractivity contribution in [1.29, 1.82) is 0 Å². The number of nitrogens with one attached hydrogen (secondary N) is 1. The quantitative estimate of drug-likeness (QED) is 0.457. The average molecular weight is 414 g/mol. The molecule has 0 aromatic heterocycles. The molecule has 9 nitrogen and oxygen atoms in total. The zero-order chi connectivity index (χ0) is 22.6. The van der Waals surface area contributed by atoms with E-state index in [0.29, 0.717) is 0 Å². The highest BCUT2D eigenvalue weighted by atomic mass is 16.6. The lowest BCUT2D eigenvalue weighted by atomic mass is 9.81. The predicted molar refractivity (Wildman–Crippen MR) is 107 cm³/mol. The fourth-order valence-corrected chi connectivity index (χ4v) is 3.20. The van der Waals surface area contributed by atoms with Gasteiger partial charge in [-0.25, -0.2) is 0 Å². The Balaban J connectivity index is 2.91. The summed E-state index contributed by atoms with van der Waals surface area (Å²) in [5.41, 5.74) is 3.21. The van der Waals surface area contributed by atoms with Crippen LogP contribution in [0, 0.1) is 0 Å². The standard InChI is InChI=1S/C20H35N3O6/c1-13(24)20(14(21)8-9-15(25)28-18(2,3)4)17(27)23(11-10-22-20)12-16(26)29-19(5,6)7/h14,22H,8-12,21H2,1-7H3. The van der Waals surface area contributed by atoms with Crippen molar-refractivity contribution in [1.82, 2.24) is 10.2 Å². The van der Waals surface area contributed by atoms with Gasteiger partial charge in [0.15, 0.2) is 11.3 Å². The van der Waals surface area contributed by atoms with E-state index in [-0.39, 0.29) is 32.5 Å². The maximum Gasteiger partial charge on any atom is 0.326 e. The second-order valence-corrected chi connectivity index (χ2v) is 9.34. The van der Waals surface area contributed by atoms with Crippen molar-refractivity contribution in [3.8, 4) is 0 Å². The van der Waals surface area contributed by atoms with E-state index in [1.807, 2.05) is 0 Å². The topological polar surface area (TPSA) is 128 Å². The minimum absolute atomic E-state index is 0.0332. The fraction of sp³-hybridized carbons (Fsp3) is 0.800. The van der Waals surface area contributed by atoms with Gasteiger partial charge in [-0.05, 0) is 54.9 Å². The van der Waals surface area contributed by atoms with Crippen molar-refractivity contribution >= 4 is 23.6 Å². The second-order valence-electron chi connectivity index (χ2n) is 9.34. The van der Waals surface area contributed by atoms with Crippen LogP contribution >= 0.6 is 0 Å². The number of piperazine rings is 1. The number of carbonyl (C=O) groups is 4. The molecular formula is C20H35N3O6. The Morgan fingerprint density at radius 1 is 1.10 bits per heavy atom. The molecule has 2 atom stereocenters. The Morgan fingerprint density at radius 3 is 2.10 bits per heavy atom. The number of nitrogens with two attached hydrogens (primary N) is 1. The molecule has 0 aromatic carbocycles. The minimum Gasteiger partial charge on any atom is -0.460 e. The van der Waals surface area contributed by atoms with Gasteiger partial charge in [0, 0.05) is 25.6 Å². The van der Waals surface area contributed by atoms with Crippen LogP contribution in [0.4, 0.5) is 0 Å². The molecule has 1 fully saturated rings. The van der Waals surface area contributed by atoms with E-state index in [9.17, 15) is 19.2 Å².